The summed E-state index contributed by atoms with van der Waals surface area (Å²) in [6.07, 6.45) is 0.602. The van der Waals surface area contributed by atoms with E-state index < -0.39 is 21.4 Å². The van der Waals surface area contributed by atoms with Crippen LogP contribution in [0.5, 0.6) is 0 Å². The molecular formula is C13H20BrFN2O2S. The molecule has 20 heavy (non-hydrogen) atoms. The van der Waals surface area contributed by atoms with E-state index in [4.69, 9.17) is 0 Å². The normalized spacial score (nSPS) is 12.7. The van der Waals surface area contributed by atoms with Crippen LogP contribution in [0.3, 0.4) is 0 Å². The van der Waals surface area contributed by atoms with Gasteiger partial charge in [0.05, 0.1) is 0 Å². The van der Waals surface area contributed by atoms with Crippen LogP contribution in [0.15, 0.2) is 21.5 Å². The fraction of sp³-hybridized carbons (Fsp3) is 0.538. The summed E-state index contributed by atoms with van der Waals surface area (Å²) in [4.78, 5) is -0.335. The highest BCUT2D eigenvalue weighted by atomic mass is 79.9. The van der Waals surface area contributed by atoms with Gasteiger partial charge in [0.25, 0.3) is 0 Å². The fourth-order valence-electron chi connectivity index (χ4n) is 1.62. The first-order valence-corrected chi connectivity index (χ1v) is 8.57. The number of sulfonamides is 1. The second kappa shape index (κ2) is 6.51. The standard InChI is InChI=1S/C13H20BrFN2O2S/c1-5-13(2,3)17-20(18,19)11-7-10(14)6-9(8-16-4)12(11)15/h6-7,16-17H,5,8H2,1-4H3. The second-order valence-corrected chi connectivity index (χ2v) is 7.82. The molecule has 1 rings (SSSR count). The zero-order chi connectivity index (χ0) is 15.6. The van der Waals surface area contributed by atoms with Crippen molar-refractivity contribution in [2.24, 2.45) is 0 Å². The van der Waals surface area contributed by atoms with E-state index in [1.807, 2.05) is 6.92 Å². The Morgan fingerprint density at radius 1 is 1.35 bits per heavy atom. The van der Waals surface area contributed by atoms with Crippen molar-refractivity contribution < 1.29 is 12.8 Å². The first kappa shape index (κ1) is 17.6. The number of rotatable bonds is 6. The van der Waals surface area contributed by atoms with E-state index in [-0.39, 0.29) is 11.4 Å². The molecule has 0 atom stereocenters. The summed E-state index contributed by atoms with van der Waals surface area (Å²) in [7, 11) is -2.23. The molecule has 0 aliphatic carbocycles. The van der Waals surface area contributed by atoms with Crippen LogP contribution in [0.1, 0.15) is 32.8 Å². The molecule has 0 unspecified atom stereocenters. The molecule has 0 radical (unpaired) electrons. The highest BCUT2D eigenvalue weighted by Crippen LogP contribution is 2.25. The summed E-state index contributed by atoms with van der Waals surface area (Å²) >= 11 is 3.22. The Bertz CT molecular complexity index is 588. The summed E-state index contributed by atoms with van der Waals surface area (Å²) in [6.45, 7) is 5.64. The minimum atomic E-state index is -3.91. The number of benzene rings is 1. The lowest BCUT2D eigenvalue weighted by Crippen LogP contribution is -2.43. The number of hydrogen-bond donors (Lipinski definition) is 2. The molecule has 0 saturated heterocycles. The SMILES string of the molecule is CCC(C)(C)NS(=O)(=O)c1cc(Br)cc(CNC)c1F. The van der Waals surface area contributed by atoms with Gasteiger partial charge in [-0.1, -0.05) is 22.9 Å². The van der Waals surface area contributed by atoms with Crippen molar-refractivity contribution in [3.63, 3.8) is 0 Å². The topological polar surface area (TPSA) is 58.2 Å². The summed E-state index contributed by atoms with van der Waals surface area (Å²) in [5.74, 6) is -0.720. The highest BCUT2D eigenvalue weighted by molar-refractivity contribution is 9.10. The predicted molar refractivity (Wildman–Crippen MR) is 81.6 cm³/mol. The molecule has 4 nitrogen and oxygen atoms in total. The Balaban J connectivity index is 3.31. The molecule has 0 heterocycles. The molecule has 0 fully saturated rings. The quantitative estimate of drug-likeness (QED) is 0.813. The Morgan fingerprint density at radius 3 is 2.45 bits per heavy atom. The molecule has 0 saturated carbocycles. The zero-order valence-electron chi connectivity index (χ0n) is 12.0. The third kappa shape index (κ3) is 4.25. The smallest absolute Gasteiger partial charge is 0.244 e. The lowest BCUT2D eigenvalue weighted by molar-refractivity contribution is 0.437. The molecule has 0 aliphatic rings. The molecule has 0 amide bonds. The van der Waals surface area contributed by atoms with Gasteiger partial charge in [-0.2, -0.15) is 0 Å². The largest absolute Gasteiger partial charge is 0.316 e. The predicted octanol–water partition coefficient (Wildman–Crippen LogP) is 2.77. The van der Waals surface area contributed by atoms with Gasteiger partial charge in [-0.3, -0.25) is 0 Å². The van der Waals surface area contributed by atoms with Crippen LogP contribution in [0.4, 0.5) is 4.39 Å². The van der Waals surface area contributed by atoms with Crippen LogP contribution in [-0.4, -0.2) is 21.0 Å². The highest BCUT2D eigenvalue weighted by Gasteiger charge is 2.28. The number of nitrogens with one attached hydrogen (secondary N) is 2. The fourth-order valence-corrected chi connectivity index (χ4v) is 3.91. The molecular weight excluding hydrogens is 347 g/mol. The van der Waals surface area contributed by atoms with E-state index in [1.54, 1.807) is 27.0 Å². The van der Waals surface area contributed by atoms with Gasteiger partial charge in [0.15, 0.2) is 0 Å². The first-order chi connectivity index (χ1) is 9.13. The van der Waals surface area contributed by atoms with Gasteiger partial charge in [0.1, 0.15) is 10.7 Å². The van der Waals surface area contributed by atoms with Crippen LogP contribution in [0.25, 0.3) is 0 Å². The molecule has 0 bridgehead atoms. The first-order valence-electron chi connectivity index (χ1n) is 6.29. The van der Waals surface area contributed by atoms with E-state index in [1.165, 1.54) is 6.07 Å². The van der Waals surface area contributed by atoms with Crippen LogP contribution in [0, 0.1) is 5.82 Å². The monoisotopic (exact) mass is 366 g/mol. The van der Waals surface area contributed by atoms with Crippen LogP contribution in [-0.2, 0) is 16.6 Å². The van der Waals surface area contributed by atoms with E-state index in [9.17, 15) is 12.8 Å². The lowest BCUT2D eigenvalue weighted by Gasteiger charge is -2.24. The van der Waals surface area contributed by atoms with Crippen molar-refractivity contribution in [2.75, 3.05) is 7.05 Å². The molecule has 1 aromatic carbocycles. The third-order valence-corrected chi connectivity index (χ3v) is 5.19. The summed E-state index contributed by atoms with van der Waals surface area (Å²) in [5, 5.41) is 2.81. The Morgan fingerprint density at radius 2 is 1.95 bits per heavy atom. The average Bonchev–Trinajstić information content (AvgIpc) is 2.32. The van der Waals surface area contributed by atoms with E-state index in [0.29, 0.717) is 16.5 Å². The van der Waals surface area contributed by atoms with Crippen LogP contribution in [0.2, 0.25) is 0 Å². The lowest BCUT2D eigenvalue weighted by atomic mass is 10.0. The Kier molecular flexibility index (Phi) is 5.71. The van der Waals surface area contributed by atoms with Gasteiger partial charge in [-0.15, -0.1) is 0 Å². The van der Waals surface area contributed by atoms with Crippen molar-refractivity contribution in [3.05, 3.63) is 28.0 Å². The van der Waals surface area contributed by atoms with Gasteiger partial charge in [-0.25, -0.2) is 17.5 Å². The van der Waals surface area contributed by atoms with E-state index in [0.717, 1.165) is 0 Å². The van der Waals surface area contributed by atoms with Gasteiger partial charge in [-0.05, 0) is 39.4 Å². The van der Waals surface area contributed by atoms with E-state index >= 15 is 0 Å². The average molecular weight is 367 g/mol. The summed E-state index contributed by atoms with van der Waals surface area (Å²) < 4.78 is 42.1. The van der Waals surface area contributed by atoms with Crippen LogP contribution >= 0.6 is 15.9 Å². The molecule has 0 aromatic heterocycles. The zero-order valence-corrected chi connectivity index (χ0v) is 14.5. The van der Waals surface area contributed by atoms with Crippen molar-refractivity contribution >= 4 is 26.0 Å². The number of hydrogen-bond acceptors (Lipinski definition) is 3. The second-order valence-electron chi connectivity index (χ2n) is 5.25. The maximum absolute atomic E-state index is 14.3. The van der Waals surface area contributed by atoms with Crippen molar-refractivity contribution in [1.82, 2.24) is 10.0 Å². The maximum Gasteiger partial charge on any atom is 0.244 e. The molecule has 7 heteroatoms. The van der Waals surface area contributed by atoms with Crippen molar-refractivity contribution in [2.45, 2.75) is 44.2 Å². The van der Waals surface area contributed by atoms with Gasteiger partial charge in [0, 0.05) is 22.1 Å². The maximum atomic E-state index is 14.3. The van der Waals surface area contributed by atoms with Gasteiger partial charge < -0.3 is 5.32 Å². The van der Waals surface area contributed by atoms with Crippen LogP contribution < -0.4 is 10.0 Å². The number of halogens is 2. The van der Waals surface area contributed by atoms with E-state index in [2.05, 4.69) is 26.0 Å². The van der Waals surface area contributed by atoms with Crippen molar-refractivity contribution in [1.29, 1.82) is 0 Å². The third-order valence-electron chi connectivity index (χ3n) is 3.03. The molecule has 0 spiro atoms. The Labute approximate surface area is 128 Å². The molecule has 2 N–H and O–H groups in total. The minimum Gasteiger partial charge on any atom is -0.316 e. The summed E-state index contributed by atoms with van der Waals surface area (Å²) in [6, 6.07) is 2.85. The van der Waals surface area contributed by atoms with Crippen molar-refractivity contribution in [3.8, 4) is 0 Å². The minimum absolute atomic E-state index is 0.255. The van der Waals surface area contributed by atoms with Gasteiger partial charge >= 0.3 is 0 Å². The van der Waals surface area contributed by atoms with Gasteiger partial charge in [0.2, 0.25) is 10.0 Å². The summed E-state index contributed by atoms with van der Waals surface area (Å²) in [5.41, 5.74) is -0.326. The Hall–Kier alpha value is -0.500. The molecule has 114 valence electrons. The molecule has 1 aromatic rings. The molecule has 0 aliphatic heterocycles.